The zero-order chi connectivity index (χ0) is 18.4. The molecule has 0 rings (SSSR count). The smallest absolute Gasteiger partial charge is 0.341 e. The summed E-state index contributed by atoms with van der Waals surface area (Å²) in [6, 6.07) is 0. The van der Waals surface area contributed by atoms with Gasteiger partial charge in [-0.15, -0.1) is 0 Å². The molecule has 0 aromatic carbocycles. The molecule has 8 heteroatoms. The number of ether oxygens (including phenoxy) is 2. The topological polar surface area (TPSA) is 91.3 Å². The molecule has 0 aliphatic heterocycles. The van der Waals surface area contributed by atoms with Gasteiger partial charge in [0.15, 0.2) is 6.10 Å². The van der Waals surface area contributed by atoms with Gasteiger partial charge in [-0.25, -0.2) is 14.5 Å². The van der Waals surface area contributed by atoms with Gasteiger partial charge < -0.3 is 14.6 Å². The maximum Gasteiger partial charge on any atom is 0.341 e. The van der Waals surface area contributed by atoms with E-state index < -0.39 is 32.5 Å². The van der Waals surface area contributed by atoms with Crippen LogP contribution in [0, 0.1) is 0 Å². The summed E-state index contributed by atoms with van der Waals surface area (Å²) in [5, 5.41) is 9.93. The average Bonchev–Trinajstić information content (AvgIpc) is 2.48. The molecule has 0 saturated carbocycles. The minimum Gasteiger partial charge on any atom is -0.467 e. The highest BCUT2D eigenvalue weighted by Gasteiger charge is 2.49. The van der Waals surface area contributed by atoms with Crippen molar-refractivity contribution in [2.75, 3.05) is 14.2 Å². The fourth-order valence-electron chi connectivity index (χ4n) is 3.01. The Balaban J connectivity index is 5.42. The minimum atomic E-state index is -2.43. The third-order valence-electron chi connectivity index (χ3n) is 4.17. The van der Waals surface area contributed by atoms with Crippen LogP contribution in [0.3, 0.4) is 0 Å². The van der Waals surface area contributed by atoms with Crippen molar-refractivity contribution in [2.45, 2.75) is 70.4 Å². The zero-order valence-corrected chi connectivity index (χ0v) is 16.3. The molecule has 1 N–H and O–H groups in total. The van der Waals surface area contributed by atoms with Crippen LogP contribution in [0.5, 0.6) is 0 Å². The first-order valence-electron chi connectivity index (χ1n) is 7.74. The summed E-state index contributed by atoms with van der Waals surface area (Å²) in [6.45, 7) is 12.2. The van der Waals surface area contributed by atoms with Crippen molar-refractivity contribution in [1.29, 1.82) is 0 Å². The van der Waals surface area contributed by atoms with Crippen LogP contribution >= 0.6 is 0 Å². The Morgan fingerprint density at radius 1 is 0.826 bits per heavy atom. The van der Waals surface area contributed by atoms with Gasteiger partial charge in [0.2, 0.25) is 14.4 Å². The number of hydrogen-bond donors (Lipinski definition) is 1. The van der Waals surface area contributed by atoms with Crippen molar-refractivity contribution in [3.63, 3.8) is 0 Å². The lowest BCUT2D eigenvalue weighted by atomic mass is 10.2. The van der Waals surface area contributed by atoms with E-state index in [9.17, 15) is 14.7 Å². The minimum absolute atomic E-state index is 0.205. The van der Waals surface area contributed by atoms with E-state index in [0.717, 1.165) is 14.2 Å². The highest BCUT2D eigenvalue weighted by atomic mass is 28.4. The summed E-state index contributed by atoms with van der Waals surface area (Å²) in [6.07, 6.45) is -3.40. The lowest BCUT2D eigenvalue weighted by Gasteiger charge is -2.40. The molecule has 0 amide bonds. The monoisotopic (exact) mass is 350 g/mol. The molecule has 2 atom stereocenters. The summed E-state index contributed by atoms with van der Waals surface area (Å²) in [5.74, 6) is -1.89. The lowest BCUT2D eigenvalue weighted by molar-refractivity contribution is -0.277. The Hall–Kier alpha value is -0.963. The molecule has 0 saturated heterocycles. The number of carbonyl (C=O) groups is 2. The summed E-state index contributed by atoms with van der Waals surface area (Å²) >= 11 is 0. The number of esters is 2. The van der Waals surface area contributed by atoms with E-state index in [0.29, 0.717) is 0 Å². The molecule has 136 valence electrons. The van der Waals surface area contributed by atoms with Crippen molar-refractivity contribution in [3.8, 4) is 0 Å². The maximum absolute atomic E-state index is 11.8. The van der Waals surface area contributed by atoms with Crippen molar-refractivity contribution in [2.24, 2.45) is 0 Å². The van der Waals surface area contributed by atoms with Gasteiger partial charge >= 0.3 is 11.9 Å². The van der Waals surface area contributed by atoms with Crippen LogP contribution in [-0.4, -0.2) is 51.8 Å². The third-order valence-corrected chi connectivity index (χ3v) is 9.97. The molecule has 0 aromatic rings. The van der Waals surface area contributed by atoms with E-state index in [1.54, 1.807) is 0 Å². The van der Waals surface area contributed by atoms with E-state index in [2.05, 4.69) is 9.47 Å². The van der Waals surface area contributed by atoms with E-state index in [1.807, 2.05) is 41.5 Å². The molecular formula is C15H30O7Si. The molecule has 0 fully saturated rings. The van der Waals surface area contributed by atoms with Crippen LogP contribution in [-0.2, 0) is 28.5 Å². The Morgan fingerprint density at radius 3 is 1.52 bits per heavy atom. The molecule has 0 aromatic heterocycles. The Kier molecular flexibility index (Phi) is 8.97. The second-order valence-electron chi connectivity index (χ2n) is 6.41. The van der Waals surface area contributed by atoms with E-state index in [4.69, 9.17) is 9.46 Å². The first-order chi connectivity index (χ1) is 10.6. The van der Waals surface area contributed by atoms with Gasteiger partial charge in [0.25, 0.3) is 0 Å². The SMILES string of the molecule is COC(=O)[C@H](O)[C@@H](OO[Si](C(C)C)(C(C)C)C(C)C)C(=O)OC. The number of carbonyl (C=O) groups excluding carboxylic acids is 2. The second-order valence-corrected chi connectivity index (χ2v) is 11.7. The predicted molar refractivity (Wildman–Crippen MR) is 87.0 cm³/mol. The van der Waals surface area contributed by atoms with Crippen LogP contribution in [0.4, 0.5) is 0 Å². The Morgan fingerprint density at radius 2 is 1.22 bits per heavy atom. The molecule has 0 bridgehead atoms. The average molecular weight is 350 g/mol. The van der Waals surface area contributed by atoms with Crippen LogP contribution in [0.1, 0.15) is 41.5 Å². The summed E-state index contributed by atoms with van der Waals surface area (Å²) in [4.78, 5) is 28.6. The molecule has 0 aliphatic rings. The zero-order valence-electron chi connectivity index (χ0n) is 15.3. The first-order valence-corrected chi connectivity index (χ1v) is 9.88. The molecule has 23 heavy (non-hydrogen) atoms. The first kappa shape index (κ1) is 22.0. The Bertz CT molecular complexity index is 374. The van der Waals surface area contributed by atoms with Gasteiger partial charge in [-0.05, 0) is 16.6 Å². The normalized spacial score (nSPS) is 15.0. The van der Waals surface area contributed by atoms with Crippen molar-refractivity contribution >= 4 is 20.3 Å². The van der Waals surface area contributed by atoms with Gasteiger partial charge in [0, 0.05) is 0 Å². The van der Waals surface area contributed by atoms with E-state index in [1.165, 1.54) is 0 Å². The van der Waals surface area contributed by atoms with Gasteiger partial charge in [-0.2, -0.15) is 0 Å². The molecule has 0 heterocycles. The van der Waals surface area contributed by atoms with Crippen LogP contribution < -0.4 is 0 Å². The van der Waals surface area contributed by atoms with Gasteiger partial charge in [-0.1, -0.05) is 41.5 Å². The number of rotatable bonds is 9. The second kappa shape index (κ2) is 9.36. The van der Waals surface area contributed by atoms with Gasteiger partial charge in [0.05, 0.1) is 14.2 Å². The number of aliphatic hydroxyl groups excluding tert-OH is 1. The summed E-state index contributed by atoms with van der Waals surface area (Å²) in [5.41, 5.74) is 0.614. The maximum atomic E-state index is 11.8. The molecule has 7 nitrogen and oxygen atoms in total. The van der Waals surface area contributed by atoms with Crippen molar-refractivity contribution < 1.29 is 33.6 Å². The Labute approximate surface area is 139 Å². The van der Waals surface area contributed by atoms with Crippen LogP contribution in [0.25, 0.3) is 0 Å². The van der Waals surface area contributed by atoms with Gasteiger partial charge in [0.1, 0.15) is 0 Å². The van der Waals surface area contributed by atoms with Crippen LogP contribution in [0.2, 0.25) is 16.6 Å². The van der Waals surface area contributed by atoms with Crippen molar-refractivity contribution in [1.82, 2.24) is 0 Å². The fraction of sp³-hybridized carbons (Fsp3) is 0.867. The number of aliphatic hydroxyl groups is 1. The molecule has 0 aliphatic carbocycles. The summed E-state index contributed by atoms with van der Waals surface area (Å²) in [7, 11) is -0.186. The standard InChI is InChI=1S/C15H30O7Si/c1-9(2)23(10(3)4,11(5)6)22-21-13(15(18)20-8)12(16)14(17)19-7/h9-13,16H,1-8H3/t12-,13-/m1/s1. The number of hydrogen-bond acceptors (Lipinski definition) is 7. The lowest BCUT2D eigenvalue weighted by Crippen LogP contribution is -2.51. The molecular weight excluding hydrogens is 320 g/mol. The van der Waals surface area contributed by atoms with E-state index >= 15 is 0 Å². The van der Waals surface area contributed by atoms with Gasteiger partial charge in [-0.3, -0.25) is 4.58 Å². The third kappa shape index (κ3) is 5.00. The highest BCUT2D eigenvalue weighted by molar-refractivity contribution is 6.77. The molecule has 0 spiro atoms. The summed E-state index contributed by atoms with van der Waals surface area (Å²) < 4.78 is 14.8. The molecule has 0 unspecified atom stereocenters. The van der Waals surface area contributed by atoms with Crippen molar-refractivity contribution in [3.05, 3.63) is 0 Å². The van der Waals surface area contributed by atoms with Crippen LogP contribution in [0.15, 0.2) is 0 Å². The molecule has 0 radical (unpaired) electrons. The largest absolute Gasteiger partial charge is 0.467 e. The predicted octanol–water partition coefficient (Wildman–Crippen LogP) is 2.19. The highest BCUT2D eigenvalue weighted by Crippen LogP contribution is 2.42. The van der Waals surface area contributed by atoms with E-state index in [-0.39, 0.29) is 16.6 Å². The quantitative estimate of drug-likeness (QED) is 0.295. The number of methoxy groups -OCH3 is 2. The fourth-order valence-corrected chi connectivity index (χ4v) is 7.85.